The largest absolute Gasteiger partial charge is 0.435 e. The van der Waals surface area contributed by atoms with Gasteiger partial charge < -0.3 is 5.73 Å². The number of primary amides is 1. The standard InChI is InChI=1S/C19H16Cl2F3N5O2S/c1-9-6-10(20)7-11(16(31)28-32-2)14(9)18(21)4-3-5-26-17(18)29-12(15(25)30)8-13(27-29)19(22,23)24/h3-8,17H,1-2H3,(H2,25,30)(H,28,31). The quantitative estimate of drug-likeness (QED) is 0.468. The van der Waals surface area contributed by atoms with Gasteiger partial charge in [0.25, 0.3) is 11.8 Å². The van der Waals surface area contributed by atoms with Crippen LogP contribution in [0.5, 0.6) is 0 Å². The summed E-state index contributed by atoms with van der Waals surface area (Å²) in [4.78, 5) is 27.2. The van der Waals surface area contributed by atoms with Gasteiger partial charge >= 0.3 is 6.18 Å². The van der Waals surface area contributed by atoms with Crippen LogP contribution in [0.2, 0.25) is 5.02 Å². The molecule has 1 aromatic heterocycles. The molecule has 170 valence electrons. The zero-order valence-electron chi connectivity index (χ0n) is 16.6. The zero-order valence-corrected chi connectivity index (χ0v) is 18.9. The second-order valence-electron chi connectivity index (χ2n) is 6.80. The SMILES string of the molecule is CSNC(=O)c1cc(Cl)cc(C)c1C1(Cl)C=CC=NC1n1nc(C(F)(F)F)cc1C(N)=O. The number of nitrogens with zero attached hydrogens (tertiary/aromatic N) is 3. The number of hydrogen-bond acceptors (Lipinski definition) is 5. The second kappa shape index (κ2) is 8.80. The van der Waals surface area contributed by atoms with Crippen LogP contribution in [0.3, 0.4) is 0 Å². The average Bonchev–Trinajstić information content (AvgIpc) is 3.13. The van der Waals surface area contributed by atoms with Crippen LogP contribution in [-0.4, -0.2) is 34.1 Å². The topological polar surface area (TPSA) is 102 Å². The minimum Gasteiger partial charge on any atom is -0.364 e. The molecule has 7 nitrogen and oxygen atoms in total. The highest BCUT2D eigenvalue weighted by molar-refractivity contribution is 7.97. The number of nitrogens with one attached hydrogen (secondary N) is 1. The van der Waals surface area contributed by atoms with E-state index in [1.165, 1.54) is 24.4 Å². The fourth-order valence-corrected chi connectivity index (χ4v) is 4.48. The Balaban J connectivity index is 2.28. The highest BCUT2D eigenvalue weighted by Crippen LogP contribution is 2.47. The number of aryl methyl sites for hydroxylation is 1. The van der Waals surface area contributed by atoms with Crippen molar-refractivity contribution in [2.45, 2.75) is 24.1 Å². The van der Waals surface area contributed by atoms with Gasteiger partial charge in [-0.3, -0.25) is 19.3 Å². The number of carbonyl (C=O) groups excluding carboxylic acids is 2. The smallest absolute Gasteiger partial charge is 0.364 e. The van der Waals surface area contributed by atoms with Crippen LogP contribution in [0, 0.1) is 6.92 Å². The molecule has 3 N–H and O–H groups in total. The minimum atomic E-state index is -4.84. The van der Waals surface area contributed by atoms with E-state index in [-0.39, 0.29) is 16.1 Å². The first-order valence-electron chi connectivity index (χ1n) is 8.90. The Labute approximate surface area is 195 Å². The summed E-state index contributed by atoms with van der Waals surface area (Å²) < 4.78 is 43.2. The summed E-state index contributed by atoms with van der Waals surface area (Å²) in [6, 6.07) is 3.48. The normalized spacial score (nSPS) is 20.4. The highest BCUT2D eigenvalue weighted by Gasteiger charge is 2.46. The predicted molar refractivity (Wildman–Crippen MR) is 117 cm³/mol. The van der Waals surface area contributed by atoms with Gasteiger partial charge in [-0.15, -0.1) is 11.6 Å². The van der Waals surface area contributed by atoms with E-state index in [1.54, 1.807) is 19.2 Å². The average molecular weight is 506 g/mol. The molecule has 0 aliphatic carbocycles. The molecule has 0 spiro atoms. The van der Waals surface area contributed by atoms with E-state index >= 15 is 0 Å². The molecule has 13 heteroatoms. The van der Waals surface area contributed by atoms with Crippen molar-refractivity contribution >= 4 is 53.2 Å². The molecule has 1 aliphatic rings. The van der Waals surface area contributed by atoms with E-state index in [1.807, 2.05) is 0 Å². The van der Waals surface area contributed by atoms with E-state index in [2.05, 4.69) is 14.8 Å². The molecule has 2 unspecified atom stereocenters. The van der Waals surface area contributed by atoms with E-state index in [0.717, 1.165) is 16.6 Å². The van der Waals surface area contributed by atoms with Crippen molar-refractivity contribution in [1.82, 2.24) is 14.5 Å². The van der Waals surface area contributed by atoms with Crippen molar-refractivity contribution in [3.8, 4) is 0 Å². The number of aromatic nitrogens is 2. The van der Waals surface area contributed by atoms with Crippen molar-refractivity contribution in [2.24, 2.45) is 10.7 Å². The molecule has 2 aromatic rings. The minimum absolute atomic E-state index is 0.0925. The summed E-state index contributed by atoms with van der Waals surface area (Å²) in [5.74, 6) is -1.67. The highest BCUT2D eigenvalue weighted by atomic mass is 35.5. The molecular formula is C19H16Cl2F3N5O2S. The number of benzene rings is 1. The Morgan fingerprint density at radius 3 is 2.59 bits per heavy atom. The van der Waals surface area contributed by atoms with Gasteiger partial charge in [0.1, 0.15) is 10.6 Å². The molecule has 2 amide bonds. The van der Waals surface area contributed by atoms with Gasteiger partial charge in [-0.2, -0.15) is 18.3 Å². The van der Waals surface area contributed by atoms with Crippen LogP contribution in [0.4, 0.5) is 13.2 Å². The molecule has 0 saturated carbocycles. The third kappa shape index (κ3) is 4.37. The van der Waals surface area contributed by atoms with E-state index in [9.17, 15) is 22.8 Å². The Kier molecular flexibility index (Phi) is 6.64. The van der Waals surface area contributed by atoms with E-state index < -0.39 is 40.4 Å². The number of hydrogen-bond donors (Lipinski definition) is 2. The van der Waals surface area contributed by atoms with Crippen LogP contribution in [0.15, 0.2) is 35.3 Å². The maximum Gasteiger partial charge on any atom is 0.435 e. The molecule has 2 atom stereocenters. The number of aliphatic imine (C=N–C) groups is 1. The summed E-state index contributed by atoms with van der Waals surface area (Å²) in [5.41, 5.74) is 4.25. The van der Waals surface area contributed by atoms with Crippen molar-refractivity contribution in [1.29, 1.82) is 0 Å². The lowest BCUT2D eigenvalue weighted by Gasteiger charge is -2.35. The van der Waals surface area contributed by atoms with Crippen LogP contribution in [-0.2, 0) is 11.1 Å². The Morgan fingerprint density at radius 1 is 1.31 bits per heavy atom. The van der Waals surface area contributed by atoms with Gasteiger partial charge in [0, 0.05) is 29.1 Å². The number of halogens is 5. The van der Waals surface area contributed by atoms with Crippen LogP contribution >= 0.6 is 35.1 Å². The maximum absolute atomic E-state index is 13.3. The van der Waals surface area contributed by atoms with Crippen LogP contribution < -0.4 is 10.5 Å². The Morgan fingerprint density at radius 2 is 2.00 bits per heavy atom. The predicted octanol–water partition coefficient (Wildman–Crippen LogP) is 4.24. The van der Waals surface area contributed by atoms with Crippen molar-refractivity contribution in [3.63, 3.8) is 0 Å². The van der Waals surface area contributed by atoms with Gasteiger partial charge in [0.15, 0.2) is 11.9 Å². The van der Waals surface area contributed by atoms with Gasteiger partial charge in [-0.05, 0) is 36.3 Å². The molecule has 0 saturated heterocycles. The van der Waals surface area contributed by atoms with E-state index in [0.29, 0.717) is 11.6 Å². The summed E-state index contributed by atoms with van der Waals surface area (Å²) >= 11 is 14.2. The summed E-state index contributed by atoms with van der Waals surface area (Å²) in [6.45, 7) is 1.64. The van der Waals surface area contributed by atoms with Gasteiger partial charge in [-0.25, -0.2) is 4.68 Å². The maximum atomic E-state index is 13.3. The first kappa shape index (κ1) is 24.1. The Bertz CT molecular complexity index is 1150. The number of nitrogens with two attached hydrogens (primary N) is 1. The molecule has 1 aromatic carbocycles. The molecule has 32 heavy (non-hydrogen) atoms. The molecule has 3 rings (SSSR count). The molecule has 0 radical (unpaired) electrons. The zero-order chi connectivity index (χ0) is 23.8. The summed E-state index contributed by atoms with van der Waals surface area (Å²) in [5, 5.41) is 3.79. The van der Waals surface area contributed by atoms with Crippen LogP contribution in [0.1, 0.15) is 43.8 Å². The summed E-state index contributed by atoms with van der Waals surface area (Å²) in [7, 11) is 0. The molecule has 0 bridgehead atoms. The fourth-order valence-electron chi connectivity index (χ4n) is 3.44. The first-order valence-corrected chi connectivity index (χ1v) is 10.9. The third-order valence-electron chi connectivity index (χ3n) is 4.66. The molecule has 2 heterocycles. The van der Waals surface area contributed by atoms with Crippen LogP contribution in [0.25, 0.3) is 0 Å². The number of allylic oxidation sites excluding steroid dienone is 1. The molecule has 1 aliphatic heterocycles. The number of alkyl halides is 4. The van der Waals surface area contributed by atoms with E-state index in [4.69, 9.17) is 28.9 Å². The number of dihydropyridines is 1. The lowest BCUT2D eigenvalue weighted by atomic mass is 9.85. The monoisotopic (exact) mass is 505 g/mol. The lowest BCUT2D eigenvalue weighted by Crippen LogP contribution is -2.36. The van der Waals surface area contributed by atoms with Gasteiger partial charge in [0.2, 0.25) is 0 Å². The lowest BCUT2D eigenvalue weighted by molar-refractivity contribution is -0.141. The van der Waals surface area contributed by atoms with Crippen molar-refractivity contribution in [3.05, 3.63) is 63.5 Å². The van der Waals surface area contributed by atoms with Gasteiger partial charge in [-0.1, -0.05) is 29.6 Å². The molecular weight excluding hydrogens is 490 g/mol. The first-order chi connectivity index (χ1) is 14.9. The Hall–Kier alpha value is -2.50. The van der Waals surface area contributed by atoms with Gasteiger partial charge in [0.05, 0.1) is 0 Å². The number of amides is 2. The number of rotatable bonds is 5. The van der Waals surface area contributed by atoms with Crippen molar-refractivity contribution in [2.75, 3.05) is 6.26 Å². The molecule has 0 fully saturated rings. The number of carbonyl (C=O) groups is 2. The van der Waals surface area contributed by atoms with Crippen molar-refractivity contribution < 1.29 is 22.8 Å². The second-order valence-corrected chi connectivity index (χ2v) is 8.48. The summed E-state index contributed by atoms with van der Waals surface area (Å²) in [6.07, 6.45) is -0.325. The fraction of sp³-hybridized carbons (Fsp3) is 0.263. The third-order valence-corrected chi connectivity index (χ3v) is 5.78.